The summed E-state index contributed by atoms with van der Waals surface area (Å²) in [6.45, 7) is 9.73. The van der Waals surface area contributed by atoms with Gasteiger partial charge >= 0.3 is 0 Å². The Morgan fingerprint density at radius 1 is 1.12 bits per heavy atom. The molecule has 1 saturated heterocycles. The van der Waals surface area contributed by atoms with Gasteiger partial charge in [-0.25, -0.2) is 0 Å². The molecule has 1 fully saturated rings. The summed E-state index contributed by atoms with van der Waals surface area (Å²) in [5.74, 6) is 0. The molecule has 1 unspecified atom stereocenters. The molecule has 4 heteroatoms. The number of ether oxygens (including phenoxy) is 2. The van der Waals surface area contributed by atoms with E-state index in [0.717, 1.165) is 52.5 Å². The molecule has 1 N–H and O–H groups in total. The quantitative estimate of drug-likeness (QED) is 0.594. The Kier molecular flexibility index (Phi) is 8.61. The molecule has 0 amide bonds. The highest BCUT2D eigenvalue weighted by Gasteiger charge is 2.23. The Labute approximate surface area is 106 Å². The summed E-state index contributed by atoms with van der Waals surface area (Å²) in [5, 5.41) is 3.45. The van der Waals surface area contributed by atoms with Crippen LogP contribution in [0.25, 0.3) is 0 Å². The van der Waals surface area contributed by atoms with Gasteiger partial charge in [0, 0.05) is 26.3 Å². The lowest BCUT2D eigenvalue weighted by atomic mass is 10.4. The van der Waals surface area contributed by atoms with Crippen molar-refractivity contribution in [3.8, 4) is 0 Å². The zero-order valence-corrected chi connectivity index (χ0v) is 11.4. The van der Waals surface area contributed by atoms with Crippen molar-refractivity contribution in [1.82, 2.24) is 10.2 Å². The second-order valence-electron chi connectivity index (χ2n) is 4.60. The maximum Gasteiger partial charge on any atom is 0.100 e. The summed E-state index contributed by atoms with van der Waals surface area (Å²) in [4.78, 5) is 2.32. The van der Waals surface area contributed by atoms with Gasteiger partial charge in [-0.3, -0.25) is 10.2 Å². The van der Waals surface area contributed by atoms with Crippen molar-refractivity contribution in [1.29, 1.82) is 0 Å². The molecule has 102 valence electrons. The fraction of sp³-hybridized carbons (Fsp3) is 1.00. The van der Waals surface area contributed by atoms with E-state index in [1.165, 1.54) is 12.8 Å². The average molecular weight is 244 g/mol. The van der Waals surface area contributed by atoms with Gasteiger partial charge in [-0.05, 0) is 12.8 Å². The fourth-order valence-electron chi connectivity index (χ4n) is 1.85. The van der Waals surface area contributed by atoms with Crippen LogP contribution >= 0.6 is 0 Å². The Morgan fingerprint density at radius 3 is 2.53 bits per heavy atom. The molecule has 4 nitrogen and oxygen atoms in total. The van der Waals surface area contributed by atoms with Gasteiger partial charge in [0.05, 0.1) is 12.8 Å². The van der Waals surface area contributed by atoms with Gasteiger partial charge in [-0.2, -0.15) is 0 Å². The lowest BCUT2D eigenvalue weighted by Crippen LogP contribution is -2.41. The number of nitrogens with one attached hydrogen (secondary N) is 1. The molecular weight excluding hydrogens is 216 g/mol. The highest BCUT2D eigenvalue weighted by Crippen LogP contribution is 2.05. The molecule has 1 heterocycles. The smallest absolute Gasteiger partial charge is 0.100 e. The van der Waals surface area contributed by atoms with Crippen LogP contribution in [-0.2, 0) is 9.47 Å². The summed E-state index contributed by atoms with van der Waals surface area (Å²) >= 11 is 0. The van der Waals surface area contributed by atoms with Crippen molar-refractivity contribution in [2.75, 3.05) is 39.6 Å². The summed E-state index contributed by atoms with van der Waals surface area (Å²) in [6, 6.07) is 0. The third-order valence-electron chi connectivity index (χ3n) is 3.04. The van der Waals surface area contributed by atoms with E-state index in [1.807, 2.05) is 0 Å². The minimum Gasteiger partial charge on any atom is -0.378 e. The van der Waals surface area contributed by atoms with Gasteiger partial charge in [0.15, 0.2) is 0 Å². The molecule has 0 bridgehead atoms. The van der Waals surface area contributed by atoms with E-state index >= 15 is 0 Å². The Bertz CT molecular complexity index is 161. The topological polar surface area (TPSA) is 33.7 Å². The van der Waals surface area contributed by atoms with Gasteiger partial charge in [0.25, 0.3) is 0 Å². The summed E-state index contributed by atoms with van der Waals surface area (Å²) in [5.41, 5.74) is 0. The van der Waals surface area contributed by atoms with E-state index in [2.05, 4.69) is 24.1 Å². The minimum absolute atomic E-state index is 0.341. The van der Waals surface area contributed by atoms with Crippen LogP contribution in [0.15, 0.2) is 0 Å². The zero-order chi connectivity index (χ0) is 12.3. The maximum absolute atomic E-state index is 5.66. The molecular formula is C13H28N2O2. The SMILES string of the molecule is CCCCOCC1NCCN1COCCCC. The monoisotopic (exact) mass is 244 g/mol. The second-order valence-corrected chi connectivity index (χ2v) is 4.60. The fourth-order valence-corrected chi connectivity index (χ4v) is 1.85. The van der Waals surface area contributed by atoms with Crippen molar-refractivity contribution in [2.45, 2.75) is 45.7 Å². The standard InChI is InChI=1S/C13H28N2O2/c1-3-5-9-16-11-13-14-7-8-15(13)12-17-10-6-4-2/h13-14H,3-12H2,1-2H3. The summed E-state index contributed by atoms with van der Waals surface area (Å²) in [6.07, 6.45) is 5.04. The largest absolute Gasteiger partial charge is 0.378 e. The molecule has 0 saturated carbocycles. The zero-order valence-electron chi connectivity index (χ0n) is 11.4. The highest BCUT2D eigenvalue weighted by atomic mass is 16.5. The molecule has 0 aromatic carbocycles. The average Bonchev–Trinajstić information content (AvgIpc) is 2.78. The van der Waals surface area contributed by atoms with Crippen LogP contribution < -0.4 is 5.32 Å². The molecule has 0 aliphatic carbocycles. The predicted molar refractivity (Wildman–Crippen MR) is 70.0 cm³/mol. The molecule has 1 aliphatic rings. The van der Waals surface area contributed by atoms with Crippen LogP contribution in [0, 0.1) is 0 Å². The first-order valence-corrected chi connectivity index (χ1v) is 7.01. The van der Waals surface area contributed by atoms with Crippen molar-refractivity contribution in [3.63, 3.8) is 0 Å². The van der Waals surface area contributed by atoms with E-state index in [1.54, 1.807) is 0 Å². The molecule has 1 rings (SSSR count). The maximum atomic E-state index is 5.66. The molecule has 0 aromatic heterocycles. The third-order valence-corrected chi connectivity index (χ3v) is 3.04. The lowest BCUT2D eigenvalue weighted by molar-refractivity contribution is -0.00939. The van der Waals surface area contributed by atoms with Crippen LogP contribution in [0.1, 0.15) is 39.5 Å². The number of hydrogen-bond acceptors (Lipinski definition) is 4. The Balaban J connectivity index is 2.06. The van der Waals surface area contributed by atoms with Crippen molar-refractivity contribution in [3.05, 3.63) is 0 Å². The predicted octanol–water partition coefficient (Wildman–Crippen LogP) is 1.81. The number of unbranched alkanes of at least 4 members (excludes halogenated alkanes) is 2. The number of nitrogens with zero attached hydrogens (tertiary/aromatic N) is 1. The second kappa shape index (κ2) is 9.83. The van der Waals surface area contributed by atoms with Crippen molar-refractivity contribution in [2.24, 2.45) is 0 Å². The third kappa shape index (κ3) is 6.36. The molecule has 0 spiro atoms. The van der Waals surface area contributed by atoms with Gasteiger partial charge < -0.3 is 9.47 Å². The molecule has 0 aromatic rings. The summed E-state index contributed by atoms with van der Waals surface area (Å²) < 4.78 is 11.3. The van der Waals surface area contributed by atoms with Gasteiger partial charge in [-0.1, -0.05) is 26.7 Å². The normalized spacial score (nSPS) is 21.2. The Hall–Kier alpha value is -0.160. The molecule has 1 aliphatic heterocycles. The van der Waals surface area contributed by atoms with Crippen LogP contribution in [0.3, 0.4) is 0 Å². The molecule has 1 atom stereocenters. The minimum atomic E-state index is 0.341. The van der Waals surface area contributed by atoms with E-state index in [0.29, 0.717) is 6.17 Å². The molecule has 17 heavy (non-hydrogen) atoms. The summed E-state index contributed by atoms with van der Waals surface area (Å²) in [7, 11) is 0. The first-order valence-electron chi connectivity index (χ1n) is 7.01. The van der Waals surface area contributed by atoms with Crippen molar-refractivity contribution < 1.29 is 9.47 Å². The number of hydrogen-bond donors (Lipinski definition) is 1. The van der Waals surface area contributed by atoms with E-state index in [9.17, 15) is 0 Å². The van der Waals surface area contributed by atoms with Gasteiger partial charge in [-0.15, -0.1) is 0 Å². The lowest BCUT2D eigenvalue weighted by Gasteiger charge is -2.23. The van der Waals surface area contributed by atoms with E-state index in [4.69, 9.17) is 9.47 Å². The van der Waals surface area contributed by atoms with Crippen molar-refractivity contribution >= 4 is 0 Å². The first-order chi connectivity index (χ1) is 8.38. The van der Waals surface area contributed by atoms with Crippen LogP contribution in [-0.4, -0.2) is 50.7 Å². The van der Waals surface area contributed by atoms with Gasteiger partial charge in [0.2, 0.25) is 0 Å². The van der Waals surface area contributed by atoms with Crippen LogP contribution in [0.2, 0.25) is 0 Å². The highest BCUT2D eigenvalue weighted by molar-refractivity contribution is 4.75. The molecule has 0 radical (unpaired) electrons. The van der Waals surface area contributed by atoms with Gasteiger partial charge in [0.1, 0.15) is 6.73 Å². The Morgan fingerprint density at radius 2 is 1.82 bits per heavy atom. The van der Waals surface area contributed by atoms with E-state index in [-0.39, 0.29) is 0 Å². The van der Waals surface area contributed by atoms with Crippen LogP contribution in [0.5, 0.6) is 0 Å². The first kappa shape index (κ1) is 14.9. The number of rotatable bonds is 10. The van der Waals surface area contributed by atoms with E-state index < -0.39 is 0 Å². The van der Waals surface area contributed by atoms with Crippen LogP contribution in [0.4, 0.5) is 0 Å².